The summed E-state index contributed by atoms with van der Waals surface area (Å²) < 4.78 is 29.8. The predicted octanol–water partition coefficient (Wildman–Crippen LogP) is 7.56. The number of carbonyl (C=O) groups excluding carboxylic acids is 3. The number of nitrogens with one attached hydrogen (secondary N) is 1. The molecular weight excluding hydrogens is 686 g/mol. The maximum atomic E-state index is 11.8. The largest absolute Gasteiger partial charge is 0.519 e. The van der Waals surface area contributed by atoms with E-state index in [-0.39, 0.29) is 19.3 Å². The fourth-order valence-electron chi connectivity index (χ4n) is 4.24. The zero-order chi connectivity index (χ0) is 40.4. The van der Waals surface area contributed by atoms with Crippen molar-refractivity contribution in [3.8, 4) is 6.07 Å². The Balaban J connectivity index is 0.000000392. The lowest BCUT2D eigenvalue weighted by molar-refractivity contribution is -0.0294. The number of aliphatic hydroxyl groups is 2. The van der Waals surface area contributed by atoms with Gasteiger partial charge in [-0.05, 0) is 92.9 Å². The number of hydrogen-bond acceptors (Lipinski definition) is 13. The van der Waals surface area contributed by atoms with Gasteiger partial charge in [-0.25, -0.2) is 14.4 Å². The number of nitriles is 1. The summed E-state index contributed by atoms with van der Waals surface area (Å²) in [5, 5.41) is 30.4. The maximum Gasteiger partial charge on any atom is 0.519 e. The van der Waals surface area contributed by atoms with Gasteiger partial charge in [-0.3, -0.25) is 0 Å². The van der Waals surface area contributed by atoms with Gasteiger partial charge < -0.3 is 49.0 Å². The first-order valence-corrected chi connectivity index (χ1v) is 16.9. The van der Waals surface area contributed by atoms with Crippen LogP contribution in [-0.4, -0.2) is 70.7 Å². The van der Waals surface area contributed by atoms with Gasteiger partial charge in [0.05, 0.1) is 37.9 Å². The summed E-state index contributed by atoms with van der Waals surface area (Å²) in [5.74, 6) is 0. The van der Waals surface area contributed by atoms with Gasteiger partial charge in [0, 0.05) is 29.3 Å². The lowest BCUT2D eigenvalue weighted by atomic mass is 10.1. The zero-order valence-electron chi connectivity index (χ0n) is 32.3. The Hall–Kier alpha value is -5.10. The average Bonchev–Trinajstić information content (AvgIpc) is 3.63. The van der Waals surface area contributed by atoms with E-state index in [0.29, 0.717) is 12.8 Å². The summed E-state index contributed by atoms with van der Waals surface area (Å²) in [5.41, 5.74) is 7.37. The van der Waals surface area contributed by atoms with Crippen LogP contribution in [0, 0.1) is 11.3 Å². The highest BCUT2D eigenvalue weighted by atomic mass is 16.8. The highest BCUT2D eigenvalue weighted by Gasteiger charge is 2.24. The first-order valence-electron chi connectivity index (χ1n) is 16.9. The summed E-state index contributed by atoms with van der Waals surface area (Å²) in [7, 11) is 0. The molecule has 2 aromatic carbocycles. The van der Waals surface area contributed by atoms with Crippen LogP contribution in [0.5, 0.6) is 0 Å². The minimum absolute atomic E-state index is 0.000489. The average molecular weight is 742 g/mol. The third kappa shape index (κ3) is 19.4. The zero-order valence-corrected chi connectivity index (χ0v) is 32.3. The molecule has 0 aliphatic carbocycles. The van der Waals surface area contributed by atoms with Crippen molar-refractivity contribution < 1.29 is 52.4 Å². The third-order valence-corrected chi connectivity index (χ3v) is 6.19. The third-order valence-electron chi connectivity index (χ3n) is 6.19. The van der Waals surface area contributed by atoms with E-state index in [0.717, 1.165) is 33.1 Å². The number of para-hydroxylation sites is 2. The van der Waals surface area contributed by atoms with Crippen molar-refractivity contribution in [1.29, 1.82) is 5.26 Å². The standard InChI is InChI=1S/C16H21NO4.C11H13NO2.C10H18O5.C2H3N/c1-16(2,3)21-15(19)17-12(9-18)8-11-10-20-14-7-5-4-6-13(11)14;12-9(6-13)5-8-7-14-11-4-2-1-3-10(8)11;1-9(2,3)14-7(11)13-8(12)15-10(4,5)6;1-2-3/h4-7,10,12,18H,8-9H2,1-3H3,(H,17,19);1-4,7,9,13H,5-6,12H2;1-6H3;1H3/t12-;9-;;/m00../s1. The van der Waals surface area contributed by atoms with Crippen LogP contribution in [0.1, 0.15) is 80.4 Å². The van der Waals surface area contributed by atoms with Crippen molar-refractivity contribution in [2.75, 3.05) is 13.2 Å². The molecule has 0 aliphatic rings. The molecule has 0 spiro atoms. The Morgan fingerprint density at radius 1 is 0.736 bits per heavy atom. The molecule has 0 bridgehead atoms. The van der Waals surface area contributed by atoms with Crippen LogP contribution in [0.15, 0.2) is 69.9 Å². The van der Waals surface area contributed by atoms with Crippen LogP contribution in [-0.2, 0) is 31.8 Å². The Kier molecular flexibility index (Phi) is 18.6. The van der Waals surface area contributed by atoms with Crippen LogP contribution in [0.4, 0.5) is 14.4 Å². The fraction of sp³-hybridized carbons (Fsp3) is 0.487. The molecule has 0 fully saturated rings. The van der Waals surface area contributed by atoms with Crippen LogP contribution < -0.4 is 11.1 Å². The Morgan fingerprint density at radius 3 is 1.51 bits per heavy atom. The van der Waals surface area contributed by atoms with Gasteiger partial charge in [-0.15, -0.1) is 0 Å². The molecule has 0 saturated carbocycles. The van der Waals surface area contributed by atoms with Gasteiger partial charge in [-0.1, -0.05) is 36.4 Å². The number of benzene rings is 2. The smallest absolute Gasteiger partial charge is 0.464 e. The number of nitrogens with two attached hydrogens (primary N) is 1. The molecule has 14 nitrogen and oxygen atoms in total. The quantitative estimate of drug-likeness (QED) is 0.0818. The normalized spacial score (nSPS) is 12.2. The van der Waals surface area contributed by atoms with E-state index in [4.69, 9.17) is 39.1 Å². The van der Waals surface area contributed by atoms with Crippen LogP contribution in [0.2, 0.25) is 0 Å². The molecule has 4 rings (SSSR count). The van der Waals surface area contributed by atoms with Crippen LogP contribution in [0.3, 0.4) is 0 Å². The highest BCUT2D eigenvalue weighted by Crippen LogP contribution is 2.23. The van der Waals surface area contributed by atoms with Crippen LogP contribution in [0.25, 0.3) is 21.9 Å². The van der Waals surface area contributed by atoms with E-state index >= 15 is 0 Å². The highest BCUT2D eigenvalue weighted by molar-refractivity contribution is 5.81. The number of ether oxygens (including phenoxy) is 4. The molecule has 5 N–H and O–H groups in total. The van der Waals surface area contributed by atoms with Gasteiger partial charge in [0.2, 0.25) is 0 Å². The van der Waals surface area contributed by atoms with Gasteiger partial charge in [0.1, 0.15) is 28.0 Å². The SMILES string of the molecule is CC#N.CC(C)(C)OC(=O)N[C@H](CO)Cc1coc2ccccc12.CC(C)(C)OC(=O)OC(=O)OC(C)(C)C.N[C@H](CO)Cc1coc2ccccc12. The molecular formula is C39H55N3O11. The molecule has 1 amide bonds. The number of alkyl carbamates (subject to hydrolysis) is 1. The number of furan rings is 2. The first kappa shape index (κ1) is 45.9. The molecule has 0 aliphatic heterocycles. The molecule has 4 aromatic rings. The summed E-state index contributed by atoms with van der Waals surface area (Å²) in [4.78, 5) is 33.8. The molecule has 2 atom stereocenters. The molecule has 0 saturated heterocycles. The van der Waals surface area contributed by atoms with Crippen molar-refractivity contribution in [3.05, 3.63) is 72.2 Å². The van der Waals surface area contributed by atoms with Crippen molar-refractivity contribution in [2.45, 2.75) is 111 Å². The van der Waals surface area contributed by atoms with E-state index in [1.54, 1.807) is 80.9 Å². The maximum absolute atomic E-state index is 11.8. The number of amides is 1. The summed E-state index contributed by atoms with van der Waals surface area (Å²) in [6, 6.07) is 16.6. The molecule has 292 valence electrons. The second-order valence-electron chi connectivity index (χ2n) is 14.6. The topological polar surface area (TPSA) is 217 Å². The van der Waals surface area contributed by atoms with E-state index < -0.39 is 41.2 Å². The van der Waals surface area contributed by atoms with Crippen molar-refractivity contribution in [3.63, 3.8) is 0 Å². The number of fused-ring (bicyclic) bond motifs is 2. The number of rotatable bonds is 7. The lowest BCUT2D eigenvalue weighted by Gasteiger charge is -2.22. The second-order valence-corrected chi connectivity index (χ2v) is 14.6. The van der Waals surface area contributed by atoms with E-state index in [1.807, 2.05) is 48.5 Å². The Labute approximate surface area is 311 Å². The minimum Gasteiger partial charge on any atom is -0.464 e. The predicted molar refractivity (Wildman–Crippen MR) is 200 cm³/mol. The molecule has 2 heterocycles. The fourth-order valence-corrected chi connectivity index (χ4v) is 4.24. The van der Waals surface area contributed by atoms with E-state index in [9.17, 15) is 19.5 Å². The molecule has 2 aromatic heterocycles. The van der Waals surface area contributed by atoms with Gasteiger partial charge >= 0.3 is 18.4 Å². The number of nitrogens with zero attached hydrogens (tertiary/aromatic N) is 1. The molecule has 53 heavy (non-hydrogen) atoms. The number of aliphatic hydroxyl groups excluding tert-OH is 2. The first-order chi connectivity index (χ1) is 24.6. The Bertz CT molecular complexity index is 1730. The van der Waals surface area contributed by atoms with E-state index in [1.165, 1.54) is 6.92 Å². The minimum atomic E-state index is -1.06. The molecule has 0 radical (unpaired) electrons. The summed E-state index contributed by atoms with van der Waals surface area (Å²) in [6.07, 6.45) is 1.84. The Morgan fingerprint density at radius 2 is 1.13 bits per heavy atom. The van der Waals surface area contributed by atoms with Gasteiger partial charge in [0.15, 0.2) is 0 Å². The van der Waals surface area contributed by atoms with Crippen molar-refractivity contribution in [1.82, 2.24) is 5.32 Å². The summed E-state index contributed by atoms with van der Waals surface area (Å²) >= 11 is 0. The van der Waals surface area contributed by atoms with Crippen molar-refractivity contribution in [2.24, 2.45) is 5.73 Å². The van der Waals surface area contributed by atoms with Crippen LogP contribution >= 0.6 is 0 Å². The van der Waals surface area contributed by atoms with Crippen molar-refractivity contribution >= 4 is 40.3 Å². The molecule has 14 heteroatoms. The van der Waals surface area contributed by atoms with E-state index in [2.05, 4.69) is 10.1 Å². The number of carbonyl (C=O) groups is 3. The number of hydrogen-bond donors (Lipinski definition) is 4. The summed E-state index contributed by atoms with van der Waals surface area (Å²) in [6.45, 7) is 16.7. The molecule has 0 unspecified atom stereocenters. The van der Waals surface area contributed by atoms with Gasteiger partial charge in [-0.2, -0.15) is 5.26 Å². The second kappa shape index (κ2) is 21.4. The monoisotopic (exact) mass is 741 g/mol. The van der Waals surface area contributed by atoms with Gasteiger partial charge in [0.25, 0.3) is 0 Å². The lowest BCUT2D eigenvalue weighted by Crippen LogP contribution is -2.42.